The van der Waals surface area contributed by atoms with Crippen LogP contribution in [0, 0.1) is 6.92 Å². The maximum Gasteiger partial charge on any atom is 0.290 e. The summed E-state index contributed by atoms with van der Waals surface area (Å²) in [7, 11) is 0. The summed E-state index contributed by atoms with van der Waals surface area (Å²) < 4.78 is 1.90. The standard InChI is InChI=1S/C14H21N3O.CH2O2/c1-3-4-6-13-7-5-9-17(13)14(18)11-16-10-8-15-12(16)2;2-1-3/h5,7-8,10,13H,3-4,6,9,11H2,1-2H3;1H,(H,2,3). The number of carbonyl (C=O) groups excluding carboxylic acids is 1. The molecule has 21 heavy (non-hydrogen) atoms. The van der Waals surface area contributed by atoms with Crippen LogP contribution in [-0.4, -0.2) is 44.5 Å². The second-order valence-electron chi connectivity index (χ2n) is 4.89. The Hall–Kier alpha value is -2.11. The smallest absolute Gasteiger partial charge is 0.290 e. The number of carboxylic acid groups (broad SMARTS) is 1. The lowest BCUT2D eigenvalue weighted by Crippen LogP contribution is -2.38. The van der Waals surface area contributed by atoms with Gasteiger partial charge in [-0.2, -0.15) is 0 Å². The molecule has 1 atom stereocenters. The minimum absolute atomic E-state index is 0.183. The third-order valence-corrected chi connectivity index (χ3v) is 3.46. The summed E-state index contributed by atoms with van der Waals surface area (Å²) in [6.45, 7) is 5.00. The quantitative estimate of drug-likeness (QED) is 0.664. The van der Waals surface area contributed by atoms with Crippen molar-refractivity contribution >= 4 is 12.4 Å². The van der Waals surface area contributed by atoms with Crippen LogP contribution in [0.5, 0.6) is 0 Å². The van der Waals surface area contributed by atoms with E-state index < -0.39 is 0 Å². The largest absolute Gasteiger partial charge is 0.483 e. The Morgan fingerprint density at radius 2 is 2.29 bits per heavy atom. The Kier molecular flexibility index (Phi) is 7.21. The predicted octanol–water partition coefficient (Wildman–Crippen LogP) is 1.85. The Morgan fingerprint density at radius 1 is 1.57 bits per heavy atom. The first-order valence-electron chi connectivity index (χ1n) is 7.15. The van der Waals surface area contributed by atoms with Crippen molar-refractivity contribution in [3.63, 3.8) is 0 Å². The van der Waals surface area contributed by atoms with E-state index in [9.17, 15) is 4.79 Å². The van der Waals surface area contributed by atoms with E-state index in [2.05, 4.69) is 24.1 Å². The molecule has 0 aromatic carbocycles. The molecule has 0 bridgehead atoms. The molecule has 0 saturated carbocycles. The molecule has 1 aliphatic heterocycles. The van der Waals surface area contributed by atoms with Crippen molar-refractivity contribution in [2.75, 3.05) is 6.54 Å². The second kappa shape index (κ2) is 8.94. The molecule has 1 aliphatic rings. The number of imidazole rings is 1. The highest BCUT2D eigenvalue weighted by Crippen LogP contribution is 2.16. The number of hydrogen-bond acceptors (Lipinski definition) is 3. The molecule has 0 aliphatic carbocycles. The zero-order valence-electron chi connectivity index (χ0n) is 12.6. The first-order valence-corrected chi connectivity index (χ1v) is 7.15. The molecule has 0 saturated heterocycles. The molecule has 2 heterocycles. The van der Waals surface area contributed by atoms with Crippen molar-refractivity contribution in [3.05, 3.63) is 30.4 Å². The number of aromatic nitrogens is 2. The summed E-state index contributed by atoms with van der Waals surface area (Å²) in [4.78, 5) is 26.7. The van der Waals surface area contributed by atoms with Crippen molar-refractivity contribution in [1.29, 1.82) is 0 Å². The lowest BCUT2D eigenvalue weighted by atomic mass is 10.1. The first kappa shape index (κ1) is 16.9. The van der Waals surface area contributed by atoms with Crippen LogP contribution in [0.25, 0.3) is 0 Å². The van der Waals surface area contributed by atoms with Gasteiger partial charge in [0, 0.05) is 18.9 Å². The lowest BCUT2D eigenvalue weighted by molar-refractivity contribution is -0.132. The van der Waals surface area contributed by atoms with Crippen molar-refractivity contribution in [2.45, 2.75) is 45.7 Å². The molecule has 1 unspecified atom stereocenters. The summed E-state index contributed by atoms with van der Waals surface area (Å²) in [6.07, 6.45) is 11.3. The Bertz CT molecular complexity index is 482. The van der Waals surface area contributed by atoms with Crippen molar-refractivity contribution in [2.24, 2.45) is 0 Å². The third-order valence-electron chi connectivity index (χ3n) is 3.46. The summed E-state index contributed by atoms with van der Waals surface area (Å²) in [6, 6.07) is 0.293. The molecule has 6 heteroatoms. The van der Waals surface area contributed by atoms with Gasteiger partial charge in [-0.15, -0.1) is 0 Å². The zero-order valence-corrected chi connectivity index (χ0v) is 12.6. The fourth-order valence-electron chi connectivity index (χ4n) is 2.33. The number of amides is 1. The molecule has 116 valence electrons. The van der Waals surface area contributed by atoms with Gasteiger partial charge in [-0.05, 0) is 13.3 Å². The summed E-state index contributed by atoms with van der Waals surface area (Å²) in [5, 5.41) is 6.89. The molecular weight excluding hydrogens is 270 g/mol. The molecule has 6 nitrogen and oxygen atoms in total. The van der Waals surface area contributed by atoms with Crippen molar-refractivity contribution in [3.8, 4) is 0 Å². The van der Waals surface area contributed by atoms with E-state index in [4.69, 9.17) is 9.90 Å². The number of rotatable bonds is 5. The Balaban J connectivity index is 0.000000677. The van der Waals surface area contributed by atoms with E-state index in [-0.39, 0.29) is 12.4 Å². The highest BCUT2D eigenvalue weighted by Gasteiger charge is 2.24. The highest BCUT2D eigenvalue weighted by molar-refractivity contribution is 5.77. The number of aryl methyl sites for hydroxylation is 1. The molecule has 1 amide bonds. The number of nitrogens with zero attached hydrogens (tertiary/aromatic N) is 3. The molecule has 0 fully saturated rings. The second-order valence-corrected chi connectivity index (χ2v) is 4.89. The van der Waals surface area contributed by atoms with Crippen LogP contribution in [0.3, 0.4) is 0 Å². The minimum Gasteiger partial charge on any atom is -0.483 e. The van der Waals surface area contributed by atoms with Gasteiger partial charge in [0.05, 0.1) is 6.04 Å². The van der Waals surface area contributed by atoms with E-state index in [1.807, 2.05) is 22.6 Å². The van der Waals surface area contributed by atoms with Gasteiger partial charge < -0.3 is 14.6 Å². The van der Waals surface area contributed by atoms with Crippen LogP contribution in [0.2, 0.25) is 0 Å². The van der Waals surface area contributed by atoms with Crippen molar-refractivity contribution in [1.82, 2.24) is 14.5 Å². The highest BCUT2D eigenvalue weighted by atomic mass is 16.3. The van der Waals surface area contributed by atoms with Gasteiger partial charge in [0.1, 0.15) is 12.4 Å². The van der Waals surface area contributed by atoms with Crippen LogP contribution in [0.4, 0.5) is 0 Å². The fourth-order valence-corrected chi connectivity index (χ4v) is 2.33. The van der Waals surface area contributed by atoms with E-state index in [1.165, 1.54) is 12.8 Å². The van der Waals surface area contributed by atoms with Crippen LogP contribution < -0.4 is 0 Å². The maximum absolute atomic E-state index is 12.3. The lowest BCUT2D eigenvalue weighted by Gasteiger charge is -2.25. The Labute approximate surface area is 125 Å². The van der Waals surface area contributed by atoms with Gasteiger partial charge in [-0.25, -0.2) is 4.98 Å². The fraction of sp³-hybridized carbons (Fsp3) is 0.533. The molecule has 2 rings (SSSR count). The summed E-state index contributed by atoms with van der Waals surface area (Å²) >= 11 is 0. The van der Waals surface area contributed by atoms with Crippen LogP contribution in [0.15, 0.2) is 24.5 Å². The molecule has 0 radical (unpaired) electrons. The average Bonchev–Trinajstić information content (AvgIpc) is 3.07. The van der Waals surface area contributed by atoms with Gasteiger partial charge in [-0.3, -0.25) is 9.59 Å². The Morgan fingerprint density at radius 3 is 2.86 bits per heavy atom. The van der Waals surface area contributed by atoms with Crippen LogP contribution in [0.1, 0.15) is 32.0 Å². The van der Waals surface area contributed by atoms with E-state index in [1.54, 1.807) is 6.20 Å². The van der Waals surface area contributed by atoms with Gasteiger partial charge in [-0.1, -0.05) is 31.9 Å². The maximum atomic E-state index is 12.3. The van der Waals surface area contributed by atoms with Crippen LogP contribution >= 0.6 is 0 Å². The normalized spacial score (nSPS) is 16.5. The monoisotopic (exact) mass is 293 g/mol. The molecular formula is C15H23N3O3. The minimum atomic E-state index is -0.250. The topological polar surface area (TPSA) is 75.4 Å². The number of hydrogen-bond donors (Lipinski definition) is 1. The third kappa shape index (κ3) is 5.06. The number of carbonyl (C=O) groups is 2. The van der Waals surface area contributed by atoms with E-state index in [0.717, 1.165) is 18.8 Å². The molecule has 0 spiro atoms. The van der Waals surface area contributed by atoms with Crippen molar-refractivity contribution < 1.29 is 14.7 Å². The molecule has 1 N–H and O–H groups in total. The van der Waals surface area contributed by atoms with Gasteiger partial charge in [0.25, 0.3) is 6.47 Å². The van der Waals surface area contributed by atoms with Crippen LogP contribution in [-0.2, 0) is 16.1 Å². The summed E-state index contributed by atoms with van der Waals surface area (Å²) in [5.74, 6) is 1.07. The number of unbranched alkanes of at least 4 members (excludes halogenated alkanes) is 1. The van der Waals surface area contributed by atoms with Gasteiger partial charge >= 0.3 is 0 Å². The summed E-state index contributed by atoms with van der Waals surface area (Å²) in [5.41, 5.74) is 0. The first-order chi connectivity index (χ1) is 10.1. The SMILES string of the molecule is CCCCC1C=CCN1C(=O)Cn1ccnc1C.O=CO. The van der Waals surface area contributed by atoms with Gasteiger partial charge in [0.2, 0.25) is 5.91 Å². The van der Waals surface area contributed by atoms with E-state index in [0.29, 0.717) is 12.6 Å². The van der Waals surface area contributed by atoms with Gasteiger partial charge in [0.15, 0.2) is 0 Å². The zero-order chi connectivity index (χ0) is 15.7. The molecule has 1 aromatic heterocycles. The molecule has 1 aromatic rings. The predicted molar refractivity (Wildman–Crippen MR) is 79.8 cm³/mol. The van der Waals surface area contributed by atoms with E-state index >= 15 is 0 Å². The average molecular weight is 293 g/mol.